The van der Waals surface area contributed by atoms with Crippen molar-refractivity contribution in [2.75, 3.05) is 29.4 Å². The number of piperidine rings is 2. The lowest BCUT2D eigenvalue weighted by Crippen LogP contribution is -2.54. The number of rotatable bonds is 9. The smallest absolute Gasteiger partial charge is 0.262 e. The molecule has 4 aliphatic rings. The molecule has 11 nitrogen and oxygen atoms in total. The Labute approximate surface area is 319 Å². The molecule has 3 fully saturated rings. The molecule has 0 bridgehead atoms. The summed E-state index contributed by atoms with van der Waals surface area (Å²) in [6.45, 7) is 8.09. The maximum absolute atomic E-state index is 15.6. The van der Waals surface area contributed by atoms with E-state index in [1.54, 1.807) is 0 Å². The first-order valence-corrected chi connectivity index (χ1v) is 19.0. The van der Waals surface area contributed by atoms with Crippen LogP contribution in [0.4, 0.5) is 21.5 Å². The number of fused-ring (bicyclic) bond motifs is 1. The van der Waals surface area contributed by atoms with Gasteiger partial charge in [0.1, 0.15) is 17.6 Å². The van der Waals surface area contributed by atoms with Gasteiger partial charge in [0, 0.05) is 49.4 Å². The fourth-order valence-corrected chi connectivity index (χ4v) is 9.24. The Hall–Kier alpha value is -5.83. The van der Waals surface area contributed by atoms with Crippen LogP contribution in [-0.2, 0) is 16.0 Å². The first-order valence-electron chi connectivity index (χ1n) is 19.0. The average molecular weight is 743 g/mol. The van der Waals surface area contributed by atoms with E-state index in [1.807, 2.05) is 18.7 Å². The first kappa shape index (κ1) is 36.2. The molecule has 4 heterocycles. The van der Waals surface area contributed by atoms with Crippen LogP contribution < -0.4 is 15.1 Å². The van der Waals surface area contributed by atoms with Crippen LogP contribution in [0.3, 0.4) is 0 Å². The quantitative estimate of drug-likeness (QED) is 0.178. The van der Waals surface area contributed by atoms with Crippen LogP contribution >= 0.6 is 0 Å². The molecular weight excluding hydrogens is 700 g/mol. The predicted molar refractivity (Wildman–Crippen MR) is 203 cm³/mol. The number of aromatic nitrogens is 1. The minimum atomic E-state index is -1.10. The Morgan fingerprint density at radius 2 is 1.69 bits per heavy atom. The zero-order valence-electron chi connectivity index (χ0n) is 31.3. The number of nitrogens with one attached hydrogen (secondary N) is 1. The average Bonchev–Trinajstić information content (AvgIpc) is 3.62. The van der Waals surface area contributed by atoms with E-state index < -0.39 is 35.5 Å². The summed E-state index contributed by atoms with van der Waals surface area (Å²) in [5, 5.41) is 15.5. The molecule has 2 saturated heterocycles. The van der Waals surface area contributed by atoms with Gasteiger partial charge in [-0.2, -0.15) is 5.26 Å². The summed E-state index contributed by atoms with van der Waals surface area (Å²) in [5.41, 5.74) is 7.86. The van der Waals surface area contributed by atoms with Gasteiger partial charge in [0.2, 0.25) is 11.8 Å². The third-order valence-corrected chi connectivity index (χ3v) is 12.2. The van der Waals surface area contributed by atoms with Gasteiger partial charge in [-0.3, -0.25) is 29.4 Å². The summed E-state index contributed by atoms with van der Waals surface area (Å²) < 4.78 is 21.2. The second-order valence-corrected chi connectivity index (χ2v) is 15.7. The highest BCUT2D eigenvalue weighted by atomic mass is 19.1. The van der Waals surface area contributed by atoms with Gasteiger partial charge in [0.15, 0.2) is 0 Å². The van der Waals surface area contributed by atoms with Crippen LogP contribution in [0.15, 0.2) is 59.1 Å². The van der Waals surface area contributed by atoms with Crippen molar-refractivity contribution in [1.82, 2.24) is 15.4 Å². The molecule has 4 amide bonds. The van der Waals surface area contributed by atoms with Crippen molar-refractivity contribution in [2.24, 2.45) is 11.3 Å². The summed E-state index contributed by atoms with van der Waals surface area (Å²) in [6, 6.07) is 18.7. The van der Waals surface area contributed by atoms with Gasteiger partial charge in [-0.15, -0.1) is 0 Å². The SMILES string of the molecule is Cc1ccc(-c2c(C)noc2C)cc1N(CC1CC2(CCN(c3cc4c(cc3F)C(=O)N(C3CCC(=O)NC3=O)C4=O)CC2)C1)c1ccc(CCC#N)cc1. The van der Waals surface area contributed by atoms with Crippen molar-refractivity contribution in [3.63, 3.8) is 0 Å². The van der Waals surface area contributed by atoms with E-state index in [0.29, 0.717) is 31.8 Å². The maximum Gasteiger partial charge on any atom is 0.262 e. The molecule has 1 aromatic heterocycles. The highest BCUT2D eigenvalue weighted by Crippen LogP contribution is 2.54. The van der Waals surface area contributed by atoms with Crippen molar-refractivity contribution < 1.29 is 28.1 Å². The van der Waals surface area contributed by atoms with Gasteiger partial charge in [-0.25, -0.2) is 4.39 Å². The lowest BCUT2D eigenvalue weighted by Gasteiger charge is -2.53. The standard InChI is InChI=1S/C43H43FN6O5/c1-25-6-9-30(39-26(2)47-55-27(39)3)19-36(25)49(31-10-7-28(8-11-31)5-4-16-45)24-29-22-43(23-29)14-17-48(18-15-43)37-21-33-32(20-34(37)44)41(53)50(42(33)54)35-12-13-38(51)46-40(35)52/h6-11,19-21,29,35H,4-5,12-15,17-18,22-24H2,1-3H3,(H,46,51,52). The Morgan fingerprint density at radius 3 is 2.35 bits per heavy atom. The number of anilines is 3. The largest absolute Gasteiger partial charge is 0.369 e. The minimum Gasteiger partial charge on any atom is -0.369 e. The Bertz CT molecular complexity index is 2240. The number of nitriles is 1. The molecule has 1 aliphatic carbocycles. The molecule has 1 unspecified atom stereocenters. The van der Waals surface area contributed by atoms with Gasteiger partial charge in [0.05, 0.1) is 28.6 Å². The monoisotopic (exact) mass is 742 g/mol. The molecule has 0 radical (unpaired) electrons. The lowest BCUT2D eigenvalue weighted by atomic mass is 9.57. The van der Waals surface area contributed by atoms with E-state index in [0.717, 1.165) is 88.3 Å². The molecule has 8 rings (SSSR count). The second-order valence-electron chi connectivity index (χ2n) is 15.7. The Morgan fingerprint density at radius 1 is 0.982 bits per heavy atom. The van der Waals surface area contributed by atoms with Crippen molar-refractivity contribution in [3.8, 4) is 17.2 Å². The van der Waals surface area contributed by atoms with E-state index in [4.69, 9.17) is 9.78 Å². The van der Waals surface area contributed by atoms with Crippen molar-refractivity contribution in [1.29, 1.82) is 5.26 Å². The molecule has 1 saturated carbocycles. The van der Waals surface area contributed by atoms with E-state index in [2.05, 4.69) is 70.8 Å². The first-order chi connectivity index (χ1) is 26.4. The molecular formula is C43H43FN6O5. The number of imide groups is 2. The Balaban J connectivity index is 0.973. The molecule has 3 aliphatic heterocycles. The molecule has 1 spiro atoms. The zero-order valence-corrected chi connectivity index (χ0v) is 31.3. The van der Waals surface area contributed by atoms with Gasteiger partial charge in [0.25, 0.3) is 11.8 Å². The van der Waals surface area contributed by atoms with Crippen molar-refractivity contribution in [2.45, 2.75) is 78.2 Å². The van der Waals surface area contributed by atoms with Gasteiger partial charge in [-0.1, -0.05) is 29.4 Å². The number of halogens is 1. The number of carbonyl (C=O) groups is 4. The number of amides is 4. The third kappa shape index (κ3) is 6.55. The van der Waals surface area contributed by atoms with Crippen LogP contribution in [0.1, 0.15) is 88.2 Å². The van der Waals surface area contributed by atoms with Crippen LogP contribution in [0.2, 0.25) is 0 Å². The summed E-state index contributed by atoms with van der Waals surface area (Å²) in [6.07, 6.45) is 5.09. The molecule has 1 atom stereocenters. The molecule has 1 N–H and O–H groups in total. The number of nitrogens with zero attached hydrogens (tertiary/aromatic N) is 5. The number of carbonyl (C=O) groups excluding carboxylic acids is 4. The molecule has 282 valence electrons. The highest BCUT2D eigenvalue weighted by Gasteiger charge is 2.48. The number of benzene rings is 3. The fraction of sp³-hybridized carbons (Fsp3) is 0.395. The summed E-state index contributed by atoms with van der Waals surface area (Å²) >= 11 is 0. The second kappa shape index (κ2) is 14.1. The van der Waals surface area contributed by atoms with E-state index >= 15 is 4.39 Å². The van der Waals surface area contributed by atoms with Crippen LogP contribution in [-0.4, -0.2) is 59.4 Å². The van der Waals surface area contributed by atoms with E-state index in [1.165, 1.54) is 6.07 Å². The molecule has 3 aromatic carbocycles. The third-order valence-electron chi connectivity index (χ3n) is 12.2. The normalized spacial score (nSPS) is 19.4. The van der Waals surface area contributed by atoms with E-state index in [-0.39, 0.29) is 35.1 Å². The van der Waals surface area contributed by atoms with Crippen molar-refractivity contribution in [3.05, 3.63) is 94.1 Å². The Kier molecular flexibility index (Phi) is 9.27. The zero-order chi connectivity index (χ0) is 38.6. The number of hydrogen-bond donors (Lipinski definition) is 1. The summed E-state index contributed by atoms with van der Waals surface area (Å²) in [5.74, 6) is -1.85. The van der Waals surface area contributed by atoms with E-state index in [9.17, 15) is 19.2 Å². The summed E-state index contributed by atoms with van der Waals surface area (Å²) in [7, 11) is 0. The molecule has 4 aromatic rings. The fourth-order valence-electron chi connectivity index (χ4n) is 9.24. The lowest BCUT2D eigenvalue weighted by molar-refractivity contribution is -0.136. The van der Waals surface area contributed by atoms with Crippen LogP contribution in [0.5, 0.6) is 0 Å². The minimum absolute atomic E-state index is 0.0193. The number of aryl methyl sites for hydroxylation is 4. The van der Waals surface area contributed by atoms with Crippen LogP contribution in [0, 0.1) is 49.3 Å². The highest BCUT2D eigenvalue weighted by molar-refractivity contribution is 6.23. The molecule has 12 heteroatoms. The van der Waals surface area contributed by atoms with Crippen molar-refractivity contribution >= 4 is 40.7 Å². The van der Waals surface area contributed by atoms with Gasteiger partial charge in [-0.05, 0) is 118 Å². The summed E-state index contributed by atoms with van der Waals surface area (Å²) in [4.78, 5) is 56.0. The topological polar surface area (TPSA) is 140 Å². The number of hydrogen-bond acceptors (Lipinski definition) is 9. The van der Waals surface area contributed by atoms with Gasteiger partial charge >= 0.3 is 0 Å². The van der Waals surface area contributed by atoms with Crippen LogP contribution in [0.25, 0.3) is 11.1 Å². The predicted octanol–water partition coefficient (Wildman–Crippen LogP) is 7.10. The maximum atomic E-state index is 15.6. The van der Waals surface area contributed by atoms with Gasteiger partial charge < -0.3 is 14.3 Å². The molecule has 55 heavy (non-hydrogen) atoms.